The summed E-state index contributed by atoms with van der Waals surface area (Å²) in [6, 6.07) is 1.76. The topological polar surface area (TPSA) is 81.9 Å². The number of rotatable bonds is 5. The van der Waals surface area contributed by atoms with Crippen molar-refractivity contribution in [3.05, 3.63) is 30.4 Å². The number of carbonyl (C=O) groups is 1. The fraction of sp³-hybridized carbons (Fsp3) is 0.333. The maximum Gasteiger partial charge on any atom is 0.341 e. The second-order valence-electron chi connectivity index (χ2n) is 3.69. The van der Waals surface area contributed by atoms with Gasteiger partial charge in [0.15, 0.2) is 5.82 Å². The molecule has 0 amide bonds. The number of ether oxygens (including phenoxy) is 1. The van der Waals surface area contributed by atoms with E-state index in [4.69, 9.17) is 4.74 Å². The third-order valence-electron chi connectivity index (χ3n) is 2.34. The molecule has 0 unspecified atom stereocenters. The molecule has 0 spiro atoms. The zero-order chi connectivity index (χ0) is 13.7. The molecule has 7 nitrogen and oxygen atoms in total. The van der Waals surface area contributed by atoms with Crippen LogP contribution in [0, 0.1) is 0 Å². The van der Waals surface area contributed by atoms with Crippen molar-refractivity contribution in [2.75, 3.05) is 18.5 Å². The molecule has 0 aromatic carbocycles. The first kappa shape index (κ1) is 13.0. The third-order valence-corrected chi connectivity index (χ3v) is 2.34. The maximum absolute atomic E-state index is 11.5. The average Bonchev–Trinajstić information content (AvgIpc) is 2.89. The quantitative estimate of drug-likeness (QED) is 0.816. The lowest BCUT2D eigenvalue weighted by Crippen LogP contribution is -2.05. The van der Waals surface area contributed by atoms with Crippen molar-refractivity contribution in [1.82, 2.24) is 19.7 Å². The Kier molecular flexibility index (Phi) is 4.07. The molecule has 0 saturated heterocycles. The Hall–Kier alpha value is -2.44. The first-order valence-corrected chi connectivity index (χ1v) is 6.02. The lowest BCUT2D eigenvalue weighted by atomic mass is 10.4. The number of hydrogen-bond acceptors (Lipinski definition) is 6. The fourth-order valence-corrected chi connectivity index (χ4v) is 1.52. The highest BCUT2D eigenvalue weighted by Crippen LogP contribution is 2.10. The molecule has 0 saturated carbocycles. The summed E-state index contributed by atoms with van der Waals surface area (Å²) in [6.07, 6.45) is 4.47. The summed E-state index contributed by atoms with van der Waals surface area (Å²) >= 11 is 0. The van der Waals surface area contributed by atoms with Gasteiger partial charge in [-0.3, -0.25) is 0 Å². The van der Waals surface area contributed by atoms with Crippen LogP contribution in [-0.4, -0.2) is 38.9 Å². The van der Waals surface area contributed by atoms with Crippen LogP contribution in [0.25, 0.3) is 5.82 Å². The first-order chi connectivity index (χ1) is 9.24. The highest BCUT2D eigenvalue weighted by atomic mass is 16.5. The molecule has 2 aromatic heterocycles. The lowest BCUT2D eigenvalue weighted by molar-refractivity contribution is 0.0526. The van der Waals surface area contributed by atoms with Gasteiger partial charge in [0.1, 0.15) is 12.1 Å². The van der Waals surface area contributed by atoms with Crippen LogP contribution in [0.5, 0.6) is 0 Å². The Labute approximate surface area is 110 Å². The van der Waals surface area contributed by atoms with E-state index in [-0.39, 0.29) is 0 Å². The fourth-order valence-electron chi connectivity index (χ4n) is 1.52. The molecular formula is C12H15N5O2. The highest BCUT2D eigenvalue weighted by molar-refractivity contribution is 5.88. The molecule has 0 aliphatic carbocycles. The van der Waals surface area contributed by atoms with Gasteiger partial charge in [-0.25, -0.2) is 19.4 Å². The van der Waals surface area contributed by atoms with Gasteiger partial charge < -0.3 is 10.1 Å². The molecule has 0 bridgehead atoms. The normalized spacial score (nSPS) is 10.2. The molecule has 0 radical (unpaired) electrons. The first-order valence-electron chi connectivity index (χ1n) is 6.02. The molecule has 19 heavy (non-hydrogen) atoms. The number of carbonyl (C=O) groups excluding carboxylic acids is 1. The van der Waals surface area contributed by atoms with E-state index in [2.05, 4.69) is 20.4 Å². The SMILES string of the molecule is CCNc1cc(-n2cc(C(=O)OCC)cn2)ncn1. The van der Waals surface area contributed by atoms with Gasteiger partial charge in [0.2, 0.25) is 0 Å². The van der Waals surface area contributed by atoms with Gasteiger partial charge in [-0.2, -0.15) is 5.10 Å². The molecule has 0 atom stereocenters. The van der Waals surface area contributed by atoms with Gasteiger partial charge in [-0.05, 0) is 13.8 Å². The van der Waals surface area contributed by atoms with Crippen molar-refractivity contribution in [2.45, 2.75) is 13.8 Å². The minimum atomic E-state index is -0.394. The Morgan fingerprint density at radius 1 is 1.42 bits per heavy atom. The second-order valence-corrected chi connectivity index (χ2v) is 3.69. The standard InChI is InChI=1S/C12H15N5O2/c1-3-13-10-5-11(15-8-14-10)17-7-9(6-16-17)12(18)19-4-2/h5-8H,3-4H2,1-2H3,(H,13,14,15). The summed E-state index contributed by atoms with van der Waals surface area (Å²) in [5.41, 5.74) is 0.394. The lowest BCUT2D eigenvalue weighted by Gasteiger charge is -2.04. The Balaban J connectivity index is 2.22. The van der Waals surface area contributed by atoms with Gasteiger partial charge in [0.25, 0.3) is 0 Å². The Morgan fingerprint density at radius 3 is 3.00 bits per heavy atom. The average molecular weight is 261 g/mol. The predicted octanol–water partition coefficient (Wildman–Crippen LogP) is 1.27. The smallest absolute Gasteiger partial charge is 0.341 e. The van der Waals surface area contributed by atoms with Gasteiger partial charge in [-0.15, -0.1) is 0 Å². The molecule has 2 aromatic rings. The van der Waals surface area contributed by atoms with Crippen molar-refractivity contribution in [1.29, 1.82) is 0 Å². The summed E-state index contributed by atoms with van der Waals surface area (Å²) in [4.78, 5) is 19.7. The van der Waals surface area contributed by atoms with Crippen molar-refractivity contribution in [3.63, 3.8) is 0 Å². The number of anilines is 1. The van der Waals surface area contributed by atoms with E-state index in [9.17, 15) is 4.79 Å². The van der Waals surface area contributed by atoms with Crippen LogP contribution in [0.1, 0.15) is 24.2 Å². The number of aromatic nitrogens is 4. The molecule has 0 aliphatic rings. The molecular weight excluding hydrogens is 246 g/mol. The molecule has 0 aliphatic heterocycles. The summed E-state index contributed by atoms with van der Waals surface area (Å²) in [5.74, 6) is 0.900. The largest absolute Gasteiger partial charge is 0.462 e. The summed E-state index contributed by atoms with van der Waals surface area (Å²) in [7, 11) is 0. The maximum atomic E-state index is 11.5. The van der Waals surface area contributed by atoms with E-state index in [1.54, 1.807) is 19.2 Å². The minimum absolute atomic E-state index is 0.335. The highest BCUT2D eigenvalue weighted by Gasteiger charge is 2.10. The number of nitrogens with one attached hydrogen (secondary N) is 1. The number of hydrogen-bond donors (Lipinski definition) is 1. The van der Waals surface area contributed by atoms with E-state index < -0.39 is 5.97 Å². The molecule has 2 rings (SSSR count). The monoisotopic (exact) mass is 261 g/mol. The van der Waals surface area contributed by atoms with Gasteiger partial charge >= 0.3 is 5.97 Å². The number of nitrogens with zero attached hydrogens (tertiary/aromatic N) is 4. The van der Waals surface area contributed by atoms with Crippen molar-refractivity contribution in [3.8, 4) is 5.82 Å². The van der Waals surface area contributed by atoms with Crippen LogP contribution in [0.15, 0.2) is 24.8 Å². The molecule has 7 heteroatoms. The van der Waals surface area contributed by atoms with Crippen LogP contribution in [0.4, 0.5) is 5.82 Å². The van der Waals surface area contributed by atoms with Crippen LogP contribution in [-0.2, 0) is 4.74 Å². The van der Waals surface area contributed by atoms with E-state index in [1.165, 1.54) is 17.2 Å². The summed E-state index contributed by atoms with van der Waals surface area (Å²) in [6.45, 7) is 4.84. The van der Waals surface area contributed by atoms with E-state index in [0.717, 1.165) is 6.54 Å². The summed E-state index contributed by atoms with van der Waals surface area (Å²) in [5, 5.41) is 7.17. The summed E-state index contributed by atoms with van der Waals surface area (Å²) < 4.78 is 6.41. The van der Waals surface area contributed by atoms with E-state index in [0.29, 0.717) is 23.8 Å². The van der Waals surface area contributed by atoms with Crippen LogP contribution in [0.3, 0.4) is 0 Å². The Bertz CT molecular complexity index is 567. The molecule has 0 fully saturated rings. The van der Waals surface area contributed by atoms with Crippen LogP contribution >= 0.6 is 0 Å². The van der Waals surface area contributed by atoms with Gasteiger partial charge in [-0.1, -0.05) is 0 Å². The zero-order valence-electron chi connectivity index (χ0n) is 10.8. The number of esters is 1. The van der Waals surface area contributed by atoms with Crippen molar-refractivity contribution < 1.29 is 9.53 Å². The van der Waals surface area contributed by atoms with Crippen molar-refractivity contribution in [2.24, 2.45) is 0 Å². The van der Waals surface area contributed by atoms with Gasteiger partial charge in [0.05, 0.1) is 18.4 Å². The van der Waals surface area contributed by atoms with Crippen LogP contribution < -0.4 is 5.32 Å². The van der Waals surface area contributed by atoms with Gasteiger partial charge in [0, 0.05) is 18.8 Å². The molecule has 1 N–H and O–H groups in total. The molecule has 100 valence electrons. The zero-order valence-corrected chi connectivity index (χ0v) is 10.8. The Morgan fingerprint density at radius 2 is 2.26 bits per heavy atom. The predicted molar refractivity (Wildman–Crippen MR) is 69.3 cm³/mol. The van der Waals surface area contributed by atoms with E-state index in [1.807, 2.05) is 6.92 Å². The third kappa shape index (κ3) is 3.06. The molecule has 2 heterocycles. The van der Waals surface area contributed by atoms with Crippen LogP contribution in [0.2, 0.25) is 0 Å². The van der Waals surface area contributed by atoms with E-state index >= 15 is 0 Å². The second kappa shape index (κ2) is 5.94. The van der Waals surface area contributed by atoms with Crippen molar-refractivity contribution >= 4 is 11.8 Å². The minimum Gasteiger partial charge on any atom is -0.462 e.